The van der Waals surface area contributed by atoms with Crippen LogP contribution in [-0.4, -0.2) is 29.6 Å². The Hall–Kier alpha value is -3.15. The second-order valence-electron chi connectivity index (χ2n) is 4.49. The van der Waals surface area contributed by atoms with E-state index in [1.807, 2.05) is 0 Å². The molecule has 0 saturated heterocycles. The molecule has 0 aliphatic rings. The largest absolute Gasteiger partial charge is 0.478 e. The molecule has 0 bridgehead atoms. The number of esters is 2. The minimum absolute atomic E-state index is 0.0295. The molecule has 0 amide bonds. The molecule has 0 fully saturated rings. The van der Waals surface area contributed by atoms with Crippen LogP contribution >= 0.6 is 0 Å². The van der Waals surface area contributed by atoms with Gasteiger partial charge in [0.2, 0.25) is 0 Å². The van der Waals surface area contributed by atoms with Gasteiger partial charge in [0.1, 0.15) is 11.3 Å². The molecule has 0 heterocycles. The van der Waals surface area contributed by atoms with Gasteiger partial charge in [0.25, 0.3) is 0 Å². The van der Waals surface area contributed by atoms with Crippen molar-refractivity contribution in [3.63, 3.8) is 0 Å². The lowest BCUT2D eigenvalue weighted by Crippen LogP contribution is -2.13. The first-order valence-corrected chi connectivity index (χ1v) is 6.84. The van der Waals surface area contributed by atoms with E-state index in [9.17, 15) is 14.4 Å². The first kappa shape index (κ1) is 16.2. The van der Waals surface area contributed by atoms with E-state index in [-0.39, 0.29) is 29.0 Å². The van der Waals surface area contributed by atoms with Crippen LogP contribution in [0.2, 0.25) is 0 Å². The summed E-state index contributed by atoms with van der Waals surface area (Å²) in [6.07, 6.45) is 0. The molecule has 23 heavy (non-hydrogen) atoms. The lowest BCUT2D eigenvalue weighted by Gasteiger charge is -2.09. The maximum absolute atomic E-state index is 12.2. The summed E-state index contributed by atoms with van der Waals surface area (Å²) in [7, 11) is 0. The fourth-order valence-electron chi connectivity index (χ4n) is 1.87. The van der Waals surface area contributed by atoms with Gasteiger partial charge in [-0.05, 0) is 37.3 Å². The van der Waals surface area contributed by atoms with E-state index in [0.29, 0.717) is 0 Å². The van der Waals surface area contributed by atoms with E-state index in [0.717, 1.165) is 0 Å². The maximum Gasteiger partial charge on any atom is 0.343 e. The van der Waals surface area contributed by atoms with E-state index < -0.39 is 17.9 Å². The van der Waals surface area contributed by atoms with Crippen molar-refractivity contribution >= 4 is 17.9 Å². The number of hydrogen-bond donors (Lipinski definition) is 1. The third kappa shape index (κ3) is 3.94. The third-order valence-corrected chi connectivity index (χ3v) is 2.93. The van der Waals surface area contributed by atoms with Crippen molar-refractivity contribution in [3.8, 4) is 5.75 Å². The number of carbonyl (C=O) groups excluding carboxylic acids is 2. The molecule has 118 valence electrons. The molecular formula is C17H14O6. The molecule has 0 saturated carbocycles. The summed E-state index contributed by atoms with van der Waals surface area (Å²) in [5, 5.41) is 8.94. The predicted octanol–water partition coefficient (Wildman–Crippen LogP) is 2.78. The molecule has 2 aromatic carbocycles. The Bertz CT molecular complexity index is 750. The van der Waals surface area contributed by atoms with Gasteiger partial charge >= 0.3 is 17.9 Å². The van der Waals surface area contributed by atoms with Crippen molar-refractivity contribution in [3.05, 3.63) is 65.2 Å². The van der Waals surface area contributed by atoms with Crippen LogP contribution in [-0.2, 0) is 4.74 Å². The minimum atomic E-state index is -1.15. The number of benzene rings is 2. The minimum Gasteiger partial charge on any atom is -0.478 e. The molecule has 1 N–H and O–H groups in total. The second-order valence-corrected chi connectivity index (χ2v) is 4.49. The fraction of sp³-hybridized carbons (Fsp3) is 0.118. The van der Waals surface area contributed by atoms with Crippen molar-refractivity contribution in [1.82, 2.24) is 0 Å². The van der Waals surface area contributed by atoms with Gasteiger partial charge in [0.15, 0.2) is 0 Å². The summed E-state index contributed by atoms with van der Waals surface area (Å²) in [6, 6.07) is 11.6. The standard InChI is InChI=1S/C17H14O6/c1-2-22-17(21)13-8-3-4-9-14(13)23-16(20)12-7-5-6-11(10-12)15(18)19/h3-10H,2H2,1H3,(H,18,19). The van der Waals surface area contributed by atoms with Gasteiger partial charge in [-0.2, -0.15) is 0 Å². The first-order chi connectivity index (χ1) is 11.0. The average molecular weight is 314 g/mol. The van der Waals surface area contributed by atoms with Crippen molar-refractivity contribution < 1.29 is 29.0 Å². The summed E-state index contributed by atoms with van der Waals surface area (Å²) in [5.74, 6) is -2.46. The molecule has 0 aromatic heterocycles. The Kier molecular flexibility index (Phi) is 5.09. The van der Waals surface area contributed by atoms with Gasteiger partial charge in [-0.1, -0.05) is 18.2 Å². The summed E-state index contributed by atoms with van der Waals surface area (Å²) < 4.78 is 10.1. The number of para-hydroxylation sites is 1. The normalized spacial score (nSPS) is 9.96. The van der Waals surface area contributed by atoms with Crippen LogP contribution in [0.4, 0.5) is 0 Å². The lowest BCUT2D eigenvalue weighted by atomic mass is 10.1. The zero-order chi connectivity index (χ0) is 16.8. The Morgan fingerprint density at radius 2 is 1.65 bits per heavy atom. The fourth-order valence-corrected chi connectivity index (χ4v) is 1.87. The topological polar surface area (TPSA) is 89.9 Å². The number of carboxylic acid groups (broad SMARTS) is 1. The highest BCUT2D eigenvalue weighted by molar-refractivity contribution is 5.97. The number of rotatable bonds is 5. The van der Waals surface area contributed by atoms with E-state index in [4.69, 9.17) is 14.6 Å². The Morgan fingerprint density at radius 3 is 2.35 bits per heavy atom. The van der Waals surface area contributed by atoms with Gasteiger partial charge in [0, 0.05) is 0 Å². The quantitative estimate of drug-likeness (QED) is 0.674. The summed E-state index contributed by atoms with van der Waals surface area (Å²) in [5.41, 5.74) is 0.166. The van der Waals surface area contributed by atoms with Crippen molar-refractivity contribution in [2.45, 2.75) is 6.92 Å². The summed E-state index contributed by atoms with van der Waals surface area (Å²) in [4.78, 5) is 34.9. The second kappa shape index (κ2) is 7.22. The van der Waals surface area contributed by atoms with Crippen molar-refractivity contribution in [1.29, 1.82) is 0 Å². The van der Waals surface area contributed by atoms with Crippen LogP contribution in [0.1, 0.15) is 38.0 Å². The zero-order valence-corrected chi connectivity index (χ0v) is 12.3. The van der Waals surface area contributed by atoms with Gasteiger partial charge in [-0.3, -0.25) is 0 Å². The number of ether oxygens (including phenoxy) is 2. The molecule has 0 spiro atoms. The maximum atomic E-state index is 12.2. The molecule has 0 atom stereocenters. The summed E-state index contributed by atoms with van der Waals surface area (Å²) in [6.45, 7) is 1.87. The highest BCUT2D eigenvalue weighted by Gasteiger charge is 2.17. The molecule has 0 radical (unpaired) electrons. The van der Waals surface area contributed by atoms with Crippen molar-refractivity contribution in [2.75, 3.05) is 6.61 Å². The Balaban J connectivity index is 2.26. The number of carbonyl (C=O) groups is 3. The van der Waals surface area contributed by atoms with Gasteiger partial charge in [0.05, 0.1) is 17.7 Å². The average Bonchev–Trinajstić information content (AvgIpc) is 2.55. The number of aromatic carboxylic acids is 1. The SMILES string of the molecule is CCOC(=O)c1ccccc1OC(=O)c1cccc(C(=O)O)c1. The highest BCUT2D eigenvalue weighted by atomic mass is 16.5. The van der Waals surface area contributed by atoms with Crippen LogP contribution in [0, 0.1) is 0 Å². The molecule has 0 unspecified atom stereocenters. The lowest BCUT2D eigenvalue weighted by molar-refractivity contribution is 0.0520. The molecule has 0 aliphatic carbocycles. The van der Waals surface area contributed by atoms with Crippen molar-refractivity contribution in [2.24, 2.45) is 0 Å². The molecule has 2 rings (SSSR count). The molecule has 6 nitrogen and oxygen atoms in total. The molecule has 6 heteroatoms. The Morgan fingerprint density at radius 1 is 0.957 bits per heavy atom. The van der Waals surface area contributed by atoms with Crippen LogP contribution < -0.4 is 4.74 Å². The van der Waals surface area contributed by atoms with Crippen LogP contribution in [0.25, 0.3) is 0 Å². The smallest absolute Gasteiger partial charge is 0.343 e. The van der Waals surface area contributed by atoms with Crippen LogP contribution in [0.5, 0.6) is 5.75 Å². The molecule has 0 aliphatic heterocycles. The summed E-state index contributed by atoms with van der Waals surface area (Å²) >= 11 is 0. The van der Waals surface area contributed by atoms with Crippen LogP contribution in [0.15, 0.2) is 48.5 Å². The number of carboxylic acids is 1. The van der Waals surface area contributed by atoms with Crippen LogP contribution in [0.3, 0.4) is 0 Å². The van der Waals surface area contributed by atoms with Gasteiger partial charge in [-0.25, -0.2) is 14.4 Å². The molecular weight excluding hydrogens is 300 g/mol. The number of hydrogen-bond acceptors (Lipinski definition) is 5. The Labute approximate surface area is 132 Å². The van der Waals surface area contributed by atoms with E-state index in [1.165, 1.54) is 36.4 Å². The third-order valence-electron chi connectivity index (χ3n) is 2.93. The molecule has 2 aromatic rings. The zero-order valence-electron chi connectivity index (χ0n) is 12.3. The van der Waals surface area contributed by atoms with Gasteiger partial charge < -0.3 is 14.6 Å². The monoisotopic (exact) mass is 314 g/mol. The van der Waals surface area contributed by atoms with Gasteiger partial charge in [-0.15, -0.1) is 0 Å². The van der Waals surface area contributed by atoms with E-state index >= 15 is 0 Å². The first-order valence-electron chi connectivity index (χ1n) is 6.84. The van der Waals surface area contributed by atoms with E-state index in [1.54, 1.807) is 19.1 Å². The highest BCUT2D eigenvalue weighted by Crippen LogP contribution is 2.20. The predicted molar refractivity (Wildman–Crippen MR) is 80.8 cm³/mol. The van der Waals surface area contributed by atoms with E-state index in [2.05, 4.69) is 0 Å².